The molecule has 2 aliphatic rings. The van der Waals surface area contributed by atoms with E-state index in [1.165, 1.54) is 19.3 Å². The Morgan fingerprint density at radius 3 is 2.62 bits per heavy atom. The van der Waals surface area contributed by atoms with Gasteiger partial charge in [0.15, 0.2) is 24.3 Å². The molecule has 3 rings (SSSR count). The number of rotatable bonds is 4. The first-order chi connectivity index (χ1) is 12.4. The summed E-state index contributed by atoms with van der Waals surface area (Å²) in [5, 5.41) is 11.5. The van der Waals surface area contributed by atoms with E-state index in [9.17, 15) is 24.3 Å². The normalized spacial score (nSPS) is 27.2. The third kappa shape index (κ3) is 3.16. The van der Waals surface area contributed by atoms with Crippen molar-refractivity contribution < 1.29 is 38.5 Å². The van der Waals surface area contributed by atoms with Crippen molar-refractivity contribution in [1.29, 1.82) is 0 Å². The molecule has 0 bridgehead atoms. The van der Waals surface area contributed by atoms with Crippen LogP contribution in [0.4, 0.5) is 10.6 Å². The molecule has 0 saturated carbocycles. The van der Waals surface area contributed by atoms with Crippen LogP contribution in [0.25, 0.3) is 0 Å². The van der Waals surface area contributed by atoms with E-state index < -0.39 is 54.9 Å². The van der Waals surface area contributed by atoms with Crippen LogP contribution in [-0.2, 0) is 28.6 Å². The van der Waals surface area contributed by atoms with E-state index in [1.54, 1.807) is 0 Å². The van der Waals surface area contributed by atoms with Gasteiger partial charge in [-0.05, 0) is 0 Å². The van der Waals surface area contributed by atoms with Gasteiger partial charge in [0.1, 0.15) is 6.10 Å². The van der Waals surface area contributed by atoms with Gasteiger partial charge in [0.2, 0.25) is 0 Å². The van der Waals surface area contributed by atoms with Crippen molar-refractivity contribution in [2.45, 2.75) is 24.5 Å². The number of fused-ring (bicyclic) bond motifs is 1. The molecule has 1 aromatic heterocycles. The number of ether oxygens (including phenoxy) is 3. The van der Waals surface area contributed by atoms with Gasteiger partial charge in [-0.15, -0.1) is 0 Å². The molecule has 13 heteroatoms. The molecule has 26 heavy (non-hydrogen) atoms. The molecule has 2 aliphatic heterocycles. The van der Waals surface area contributed by atoms with Crippen molar-refractivity contribution in [2.24, 2.45) is 0 Å². The third-order valence-electron chi connectivity index (χ3n) is 3.67. The van der Waals surface area contributed by atoms with Crippen LogP contribution in [0.2, 0.25) is 0 Å². The Labute approximate surface area is 144 Å². The second kappa shape index (κ2) is 6.97. The van der Waals surface area contributed by atoms with Gasteiger partial charge in [0, 0.05) is 19.3 Å². The van der Waals surface area contributed by atoms with Gasteiger partial charge >= 0.3 is 23.7 Å². The van der Waals surface area contributed by atoms with Crippen LogP contribution in [0.3, 0.4) is 0 Å². The van der Waals surface area contributed by atoms with E-state index in [-0.39, 0.29) is 5.82 Å². The first-order valence-electron chi connectivity index (χ1n) is 7.36. The van der Waals surface area contributed by atoms with Gasteiger partial charge in [-0.1, -0.05) is 0 Å². The summed E-state index contributed by atoms with van der Waals surface area (Å²) in [5.41, 5.74) is 1.34. The summed E-state index contributed by atoms with van der Waals surface area (Å²) in [7, 11) is 1.35. The standard InChI is InChI=1S/C13H14N4O9/c1-14-13(22)26-16-6-2-3-17(12(21)15-6)9-8-7(5(4-18)23-9)24-10(19)11(20)25-8/h2-3,5,7-9,18H,4H2,1H3,(H,14,22)(H,15,16,21)/t5?,7-,8-,9-/m1/s1. The van der Waals surface area contributed by atoms with Crippen LogP contribution in [-0.4, -0.2) is 64.7 Å². The smallest absolute Gasteiger partial charge is 0.431 e. The SMILES string of the molecule is CNC(=O)ONc1ccn([C@@H]2OC(CO)[C@H]3OC(=O)C(=O)O[C@H]32)c(=O)n1. The second-order valence-electron chi connectivity index (χ2n) is 5.23. The highest BCUT2D eigenvalue weighted by molar-refractivity contribution is 6.30. The molecule has 1 amide bonds. The molecule has 140 valence electrons. The molecule has 13 nitrogen and oxygen atoms in total. The van der Waals surface area contributed by atoms with Gasteiger partial charge in [0.25, 0.3) is 0 Å². The number of carbonyl (C=O) groups excluding carboxylic acids is 3. The molecule has 3 heterocycles. The van der Waals surface area contributed by atoms with Gasteiger partial charge in [-0.3, -0.25) is 4.57 Å². The quantitative estimate of drug-likeness (QED) is 0.225. The van der Waals surface area contributed by atoms with E-state index >= 15 is 0 Å². The minimum absolute atomic E-state index is 0.0600. The van der Waals surface area contributed by atoms with Crippen molar-refractivity contribution in [2.75, 3.05) is 19.1 Å². The van der Waals surface area contributed by atoms with Crippen LogP contribution in [0, 0.1) is 0 Å². The summed E-state index contributed by atoms with van der Waals surface area (Å²) >= 11 is 0. The average molecular weight is 370 g/mol. The maximum Gasteiger partial charge on any atom is 0.431 e. The zero-order valence-corrected chi connectivity index (χ0v) is 13.3. The maximum absolute atomic E-state index is 12.2. The minimum Gasteiger partial charge on any atom is -0.447 e. The monoisotopic (exact) mass is 370 g/mol. The molecule has 0 aromatic carbocycles. The lowest BCUT2D eigenvalue weighted by Gasteiger charge is -2.27. The number of hydrogen-bond donors (Lipinski definition) is 3. The van der Waals surface area contributed by atoms with Crippen molar-refractivity contribution in [1.82, 2.24) is 14.9 Å². The third-order valence-corrected chi connectivity index (χ3v) is 3.67. The number of esters is 2. The highest BCUT2D eigenvalue weighted by Gasteiger charge is 2.54. The maximum atomic E-state index is 12.2. The van der Waals surface area contributed by atoms with E-state index in [1.807, 2.05) is 0 Å². The van der Waals surface area contributed by atoms with Crippen LogP contribution < -0.4 is 16.5 Å². The predicted octanol–water partition coefficient (Wildman–Crippen LogP) is -2.35. The lowest BCUT2D eigenvalue weighted by atomic mass is 10.1. The molecule has 4 atom stereocenters. The van der Waals surface area contributed by atoms with Crippen molar-refractivity contribution in [3.05, 3.63) is 22.7 Å². The summed E-state index contributed by atoms with van der Waals surface area (Å²) in [4.78, 5) is 54.2. The summed E-state index contributed by atoms with van der Waals surface area (Å²) < 4.78 is 16.3. The van der Waals surface area contributed by atoms with Gasteiger partial charge in [-0.2, -0.15) is 10.5 Å². The zero-order valence-electron chi connectivity index (χ0n) is 13.3. The van der Waals surface area contributed by atoms with Crippen LogP contribution in [0.5, 0.6) is 0 Å². The molecule has 1 aromatic rings. The van der Waals surface area contributed by atoms with E-state index in [2.05, 4.69) is 20.6 Å². The lowest BCUT2D eigenvalue weighted by Crippen LogP contribution is -2.48. The fourth-order valence-corrected chi connectivity index (χ4v) is 2.50. The van der Waals surface area contributed by atoms with E-state index in [0.717, 1.165) is 4.57 Å². The molecule has 0 radical (unpaired) electrons. The zero-order chi connectivity index (χ0) is 18.8. The average Bonchev–Trinajstić information content (AvgIpc) is 2.97. The molecule has 2 saturated heterocycles. The van der Waals surface area contributed by atoms with Crippen molar-refractivity contribution in [3.8, 4) is 0 Å². The highest BCUT2D eigenvalue weighted by atomic mass is 16.7. The number of nitrogens with zero attached hydrogens (tertiary/aromatic N) is 2. The Bertz CT molecular complexity index is 794. The predicted molar refractivity (Wildman–Crippen MR) is 78.4 cm³/mol. The molecular formula is C13H14N4O9. The number of anilines is 1. The molecular weight excluding hydrogens is 356 g/mol. The number of hydrogen-bond acceptors (Lipinski definition) is 11. The molecule has 1 unspecified atom stereocenters. The Morgan fingerprint density at radius 1 is 1.31 bits per heavy atom. The van der Waals surface area contributed by atoms with Crippen molar-refractivity contribution >= 4 is 23.8 Å². The van der Waals surface area contributed by atoms with Gasteiger partial charge < -0.3 is 29.5 Å². The fraction of sp³-hybridized carbons (Fsp3) is 0.462. The molecule has 0 spiro atoms. The first kappa shape index (κ1) is 17.6. The Morgan fingerprint density at radius 2 is 2.00 bits per heavy atom. The van der Waals surface area contributed by atoms with Gasteiger partial charge in [0.05, 0.1) is 6.61 Å². The van der Waals surface area contributed by atoms with Crippen LogP contribution >= 0.6 is 0 Å². The summed E-state index contributed by atoms with van der Waals surface area (Å²) in [6.45, 7) is -0.524. The fourth-order valence-electron chi connectivity index (χ4n) is 2.50. The molecule has 0 aliphatic carbocycles. The topological polar surface area (TPSA) is 167 Å². The molecule has 2 fully saturated rings. The van der Waals surface area contributed by atoms with Crippen LogP contribution in [0.1, 0.15) is 6.23 Å². The molecule has 3 N–H and O–H groups in total. The lowest BCUT2D eigenvalue weighted by molar-refractivity contribution is -0.195. The summed E-state index contributed by atoms with van der Waals surface area (Å²) in [6.07, 6.45) is -3.88. The van der Waals surface area contributed by atoms with Gasteiger partial charge in [-0.25, -0.2) is 19.2 Å². The number of aliphatic hydroxyl groups is 1. The summed E-state index contributed by atoms with van der Waals surface area (Å²) in [5.74, 6) is -2.49. The minimum atomic E-state index is -1.23. The highest BCUT2D eigenvalue weighted by Crippen LogP contribution is 2.35. The van der Waals surface area contributed by atoms with Crippen molar-refractivity contribution in [3.63, 3.8) is 0 Å². The number of nitrogens with one attached hydrogen (secondary N) is 2. The number of aliphatic hydroxyl groups excluding tert-OH is 1. The first-order valence-corrected chi connectivity index (χ1v) is 7.36. The number of carbonyl (C=O) groups is 3. The Kier molecular flexibility index (Phi) is 4.73. The van der Waals surface area contributed by atoms with E-state index in [0.29, 0.717) is 0 Å². The number of aromatic nitrogens is 2. The van der Waals surface area contributed by atoms with Crippen LogP contribution in [0.15, 0.2) is 17.1 Å². The largest absolute Gasteiger partial charge is 0.447 e. The summed E-state index contributed by atoms with van der Waals surface area (Å²) in [6, 6.07) is 1.30. The number of amides is 1. The van der Waals surface area contributed by atoms with E-state index in [4.69, 9.17) is 14.2 Å². The Balaban J connectivity index is 1.82. The second-order valence-corrected chi connectivity index (χ2v) is 5.23. The Hall–Kier alpha value is -3.19.